The lowest BCUT2D eigenvalue weighted by molar-refractivity contribution is -0.146. The Morgan fingerprint density at radius 1 is 1.29 bits per heavy atom. The van der Waals surface area contributed by atoms with Crippen LogP contribution in [0.5, 0.6) is 0 Å². The number of fused-ring (bicyclic) bond motifs is 2. The fourth-order valence-corrected chi connectivity index (χ4v) is 5.36. The van der Waals surface area contributed by atoms with Gasteiger partial charge >= 0.3 is 5.97 Å². The molecule has 0 bridgehead atoms. The molecule has 2 aliphatic rings. The molecule has 8 nitrogen and oxygen atoms in total. The zero-order valence-corrected chi connectivity index (χ0v) is 19.0. The van der Waals surface area contributed by atoms with Crippen molar-refractivity contribution in [3.8, 4) is 0 Å². The van der Waals surface area contributed by atoms with Crippen LogP contribution in [0.25, 0.3) is 10.9 Å². The molecule has 5 rings (SSSR count). The van der Waals surface area contributed by atoms with Crippen LogP contribution in [-0.2, 0) is 14.3 Å². The largest absolute Gasteiger partial charge is 0.467 e. The van der Waals surface area contributed by atoms with Gasteiger partial charge in [0.15, 0.2) is 6.04 Å². The third-order valence-corrected chi connectivity index (χ3v) is 7.31. The number of nitrogens with one attached hydrogen (secondary N) is 2. The molecule has 1 saturated heterocycles. The number of likely N-dealkylation sites (tertiary alicyclic amines) is 1. The number of benzene rings is 1. The van der Waals surface area contributed by atoms with Gasteiger partial charge in [0.05, 0.1) is 12.6 Å². The third-order valence-electron chi connectivity index (χ3n) is 7.31. The first-order valence-electron chi connectivity index (χ1n) is 11.1. The second-order valence-corrected chi connectivity index (χ2v) is 9.49. The van der Waals surface area contributed by atoms with Crippen molar-refractivity contribution in [2.75, 3.05) is 13.7 Å². The van der Waals surface area contributed by atoms with Crippen molar-refractivity contribution in [3.05, 3.63) is 65.9 Å². The molecule has 2 aromatic heterocycles. The van der Waals surface area contributed by atoms with Crippen LogP contribution in [0.15, 0.2) is 48.8 Å². The van der Waals surface area contributed by atoms with E-state index in [-0.39, 0.29) is 37.2 Å². The number of H-pyrrole nitrogens is 1. The normalized spacial score (nSPS) is 23.3. The summed E-state index contributed by atoms with van der Waals surface area (Å²) >= 11 is 0. The van der Waals surface area contributed by atoms with E-state index in [1.807, 2.05) is 0 Å². The Hall–Kier alpha value is -3.75. The Kier molecular flexibility index (Phi) is 5.15. The van der Waals surface area contributed by atoms with Gasteiger partial charge in [0.2, 0.25) is 5.91 Å². The minimum atomic E-state index is -1.05. The summed E-state index contributed by atoms with van der Waals surface area (Å²) in [4.78, 5) is 47.9. The number of hydrogen-bond acceptors (Lipinski definition) is 5. The van der Waals surface area contributed by atoms with Gasteiger partial charge in [0, 0.05) is 32.7 Å². The first-order valence-corrected chi connectivity index (χ1v) is 11.1. The number of aromatic nitrogens is 2. The first-order chi connectivity index (χ1) is 16.2. The van der Waals surface area contributed by atoms with Crippen molar-refractivity contribution in [1.82, 2.24) is 20.2 Å². The number of hydrogen-bond donors (Lipinski definition) is 2. The summed E-state index contributed by atoms with van der Waals surface area (Å²) in [5.74, 6) is -1.79. The minimum Gasteiger partial charge on any atom is -0.467 e. The number of aromatic amines is 1. The van der Waals surface area contributed by atoms with E-state index >= 15 is 0 Å². The van der Waals surface area contributed by atoms with Crippen LogP contribution < -0.4 is 5.32 Å². The summed E-state index contributed by atoms with van der Waals surface area (Å²) in [6.45, 7) is 4.55. The van der Waals surface area contributed by atoms with Gasteiger partial charge in [-0.2, -0.15) is 0 Å². The van der Waals surface area contributed by atoms with Crippen molar-refractivity contribution in [2.24, 2.45) is 17.3 Å². The van der Waals surface area contributed by atoms with Crippen LogP contribution in [0.4, 0.5) is 4.39 Å². The van der Waals surface area contributed by atoms with E-state index < -0.39 is 29.8 Å². The molecule has 180 valence electrons. The highest BCUT2D eigenvalue weighted by Crippen LogP contribution is 2.65. The molecular weight excluding hydrogens is 439 g/mol. The van der Waals surface area contributed by atoms with Crippen molar-refractivity contribution in [1.29, 1.82) is 0 Å². The number of carbonyl (C=O) groups excluding carboxylic acids is 3. The number of para-hydroxylation sites is 1. The SMILES string of the molecule is COC(=O)C(NC(=O)[C@@H]1C2C(CN1C(=O)c1cc3cccc(F)c3[nH]1)C2(C)C)c1cccnc1.[HH].[HH]. The summed E-state index contributed by atoms with van der Waals surface area (Å²) in [6, 6.07) is 7.73. The summed E-state index contributed by atoms with van der Waals surface area (Å²) in [6.07, 6.45) is 3.06. The zero-order chi connectivity index (χ0) is 24.2. The van der Waals surface area contributed by atoms with Crippen LogP contribution in [0.1, 0.15) is 38.8 Å². The summed E-state index contributed by atoms with van der Waals surface area (Å²) < 4.78 is 19.1. The number of piperidine rings is 1. The maximum absolute atomic E-state index is 14.2. The van der Waals surface area contributed by atoms with Gasteiger partial charge in [-0.25, -0.2) is 9.18 Å². The maximum atomic E-state index is 14.2. The molecule has 1 aromatic carbocycles. The van der Waals surface area contributed by atoms with Crippen LogP contribution in [0.2, 0.25) is 0 Å². The maximum Gasteiger partial charge on any atom is 0.333 e. The lowest BCUT2D eigenvalue weighted by Gasteiger charge is -2.30. The van der Waals surface area contributed by atoms with Crippen LogP contribution in [0.3, 0.4) is 0 Å². The highest BCUT2D eigenvalue weighted by atomic mass is 19.1. The lowest BCUT2D eigenvalue weighted by Crippen LogP contribution is -2.51. The molecule has 3 unspecified atom stereocenters. The average molecular weight is 469 g/mol. The Morgan fingerprint density at radius 2 is 2.09 bits per heavy atom. The van der Waals surface area contributed by atoms with Crippen molar-refractivity contribution >= 4 is 28.7 Å². The highest BCUT2D eigenvalue weighted by molar-refractivity contribution is 6.01. The van der Waals surface area contributed by atoms with Gasteiger partial charge in [-0.3, -0.25) is 14.6 Å². The fourth-order valence-electron chi connectivity index (χ4n) is 5.36. The summed E-state index contributed by atoms with van der Waals surface area (Å²) in [5, 5.41) is 3.36. The molecule has 34 heavy (non-hydrogen) atoms. The van der Waals surface area contributed by atoms with E-state index in [9.17, 15) is 18.8 Å². The van der Waals surface area contributed by atoms with Crippen molar-refractivity contribution in [3.63, 3.8) is 0 Å². The van der Waals surface area contributed by atoms with Crippen molar-refractivity contribution in [2.45, 2.75) is 25.9 Å². The predicted molar refractivity (Wildman–Crippen MR) is 125 cm³/mol. The predicted octanol–water partition coefficient (Wildman–Crippen LogP) is 3.32. The number of methoxy groups -OCH3 is 1. The molecule has 2 fully saturated rings. The first kappa shape index (κ1) is 22.1. The van der Waals surface area contributed by atoms with Gasteiger partial charge in [0.1, 0.15) is 17.6 Å². The zero-order valence-electron chi connectivity index (χ0n) is 19.0. The molecular formula is C25H29FN4O4. The van der Waals surface area contributed by atoms with Crippen LogP contribution >= 0.6 is 0 Å². The van der Waals surface area contributed by atoms with Gasteiger partial charge in [0.25, 0.3) is 5.91 Å². The number of amides is 2. The third kappa shape index (κ3) is 3.43. The molecule has 0 radical (unpaired) electrons. The highest BCUT2D eigenvalue weighted by Gasteiger charge is 2.69. The fraction of sp³-hybridized carbons (Fsp3) is 0.360. The van der Waals surface area contributed by atoms with Gasteiger partial charge in [-0.1, -0.05) is 32.0 Å². The van der Waals surface area contributed by atoms with Crippen molar-refractivity contribution < 1.29 is 26.4 Å². The molecule has 3 heterocycles. The van der Waals surface area contributed by atoms with Gasteiger partial charge < -0.3 is 19.9 Å². The van der Waals surface area contributed by atoms with E-state index in [2.05, 4.69) is 29.1 Å². The van der Waals surface area contributed by atoms with E-state index in [0.29, 0.717) is 17.5 Å². The second kappa shape index (κ2) is 7.93. The van der Waals surface area contributed by atoms with Crippen LogP contribution in [0, 0.1) is 23.1 Å². The number of nitrogens with zero attached hydrogens (tertiary/aromatic N) is 2. The van der Waals surface area contributed by atoms with Gasteiger partial charge in [-0.15, -0.1) is 0 Å². The molecule has 4 atom stereocenters. The number of carbonyl (C=O) groups is 3. The molecule has 1 saturated carbocycles. The Balaban J connectivity index is 0.00000180. The molecule has 9 heteroatoms. The quantitative estimate of drug-likeness (QED) is 0.559. The number of ether oxygens (including phenoxy) is 1. The van der Waals surface area contributed by atoms with Crippen LogP contribution in [-0.4, -0.2) is 52.3 Å². The topological polar surface area (TPSA) is 104 Å². The smallest absolute Gasteiger partial charge is 0.333 e. The minimum absolute atomic E-state index is 0. The number of esters is 1. The lowest BCUT2D eigenvalue weighted by atomic mass is 9.99. The molecule has 1 aliphatic heterocycles. The number of pyridine rings is 1. The molecule has 2 amide bonds. The molecule has 1 aliphatic carbocycles. The summed E-state index contributed by atoms with van der Waals surface area (Å²) in [7, 11) is 1.25. The number of rotatable bonds is 5. The summed E-state index contributed by atoms with van der Waals surface area (Å²) in [5.41, 5.74) is 0.837. The Morgan fingerprint density at radius 3 is 2.76 bits per heavy atom. The molecule has 3 aromatic rings. The van der Waals surface area contributed by atoms with E-state index in [1.165, 1.54) is 24.3 Å². The van der Waals surface area contributed by atoms with E-state index in [0.717, 1.165) is 0 Å². The molecule has 2 N–H and O–H groups in total. The van der Waals surface area contributed by atoms with Gasteiger partial charge in [-0.05, 0) is 35.4 Å². The van der Waals surface area contributed by atoms with E-state index in [4.69, 9.17) is 4.74 Å². The number of halogens is 1. The standard InChI is InChI=1S/C25H25FN4O4.2H2/c1-25(2)15-12-30(23(32)17-10-13-6-4-8-16(26)19(13)28-17)21(18(15)25)22(31)29-20(24(33)34-3)14-7-5-9-27-11-14;;/h4-11,15,18,20-21,28H,12H2,1-3H3,(H,29,31);2*1H/t15?,18?,20?,21-;;/m0../s1. The average Bonchev–Trinajstić information content (AvgIpc) is 3.23. The van der Waals surface area contributed by atoms with E-state index in [1.54, 1.807) is 36.5 Å². The second-order valence-electron chi connectivity index (χ2n) is 9.49. The Labute approximate surface area is 198 Å². The Bertz CT molecular complexity index is 1300. The monoisotopic (exact) mass is 468 g/mol. The molecule has 0 spiro atoms.